The molecule has 1 aromatic rings. The van der Waals surface area contributed by atoms with Crippen LogP contribution in [-0.2, 0) is 0 Å². The number of nitriles is 1. The lowest BCUT2D eigenvalue weighted by Crippen LogP contribution is -2.15. The Morgan fingerprint density at radius 3 is 3.08 bits per heavy atom. The Bertz CT molecular complexity index is 263. The van der Waals surface area contributed by atoms with Crippen LogP contribution in [-0.4, -0.2) is 12.0 Å². The molecule has 0 amide bonds. The summed E-state index contributed by atoms with van der Waals surface area (Å²) in [6, 6.07) is 6.06. The predicted molar refractivity (Wildman–Crippen MR) is 46.3 cm³/mol. The summed E-state index contributed by atoms with van der Waals surface area (Å²) in [5.41, 5.74) is 1.06. The van der Waals surface area contributed by atoms with Gasteiger partial charge in [0, 0.05) is 18.4 Å². The van der Waals surface area contributed by atoms with Crippen molar-refractivity contribution in [3.8, 4) is 6.07 Å². The van der Waals surface area contributed by atoms with Gasteiger partial charge in [-0.1, -0.05) is 6.07 Å². The third-order valence-electron chi connectivity index (χ3n) is 1.73. The van der Waals surface area contributed by atoms with Crippen molar-refractivity contribution in [1.29, 1.82) is 5.26 Å². The van der Waals surface area contributed by atoms with Crippen LogP contribution in [0.5, 0.6) is 0 Å². The van der Waals surface area contributed by atoms with E-state index in [2.05, 4.69) is 16.4 Å². The molecule has 62 valence electrons. The summed E-state index contributed by atoms with van der Waals surface area (Å²) in [6.45, 7) is 0. The number of pyridine rings is 1. The van der Waals surface area contributed by atoms with Crippen LogP contribution in [0.15, 0.2) is 24.5 Å². The van der Waals surface area contributed by atoms with Crippen LogP contribution in [0.25, 0.3) is 0 Å². The minimum absolute atomic E-state index is 0.101. The summed E-state index contributed by atoms with van der Waals surface area (Å²) < 4.78 is 0. The molecule has 0 saturated carbocycles. The van der Waals surface area contributed by atoms with Crippen LogP contribution in [0.2, 0.25) is 0 Å². The van der Waals surface area contributed by atoms with Crippen LogP contribution in [0, 0.1) is 11.3 Å². The minimum atomic E-state index is 0.101. The normalized spacial score (nSPS) is 12.0. The van der Waals surface area contributed by atoms with Gasteiger partial charge in [0.05, 0.1) is 12.5 Å². The quantitative estimate of drug-likeness (QED) is 0.726. The van der Waals surface area contributed by atoms with Crippen molar-refractivity contribution in [3.63, 3.8) is 0 Å². The Labute approximate surface area is 72.1 Å². The Balaban J connectivity index is 2.75. The van der Waals surface area contributed by atoms with Gasteiger partial charge in [-0.05, 0) is 18.7 Å². The maximum Gasteiger partial charge on any atom is 0.0641 e. The van der Waals surface area contributed by atoms with E-state index in [9.17, 15) is 0 Å². The Hall–Kier alpha value is -1.40. The smallest absolute Gasteiger partial charge is 0.0641 e. The predicted octanol–water partition coefficient (Wildman–Crippen LogP) is 1.26. The van der Waals surface area contributed by atoms with Gasteiger partial charge in [0.2, 0.25) is 0 Å². The molecular formula is C9H11N3. The average molecular weight is 161 g/mol. The monoisotopic (exact) mass is 161 g/mol. The number of aromatic nitrogens is 1. The van der Waals surface area contributed by atoms with Crippen molar-refractivity contribution in [3.05, 3.63) is 30.1 Å². The summed E-state index contributed by atoms with van der Waals surface area (Å²) in [5.74, 6) is 0. The van der Waals surface area contributed by atoms with Gasteiger partial charge in [0.25, 0.3) is 0 Å². The van der Waals surface area contributed by atoms with E-state index in [1.807, 2.05) is 19.2 Å². The van der Waals surface area contributed by atoms with E-state index in [0.29, 0.717) is 6.42 Å². The molecule has 3 nitrogen and oxygen atoms in total. The molecule has 0 aliphatic rings. The SMILES string of the molecule is CNC(CC#N)c1cccnc1. The number of hydrogen-bond acceptors (Lipinski definition) is 3. The van der Waals surface area contributed by atoms with Crippen molar-refractivity contribution in [1.82, 2.24) is 10.3 Å². The molecule has 1 aromatic heterocycles. The lowest BCUT2D eigenvalue weighted by molar-refractivity contribution is 0.606. The highest BCUT2D eigenvalue weighted by atomic mass is 14.9. The van der Waals surface area contributed by atoms with Crippen LogP contribution < -0.4 is 5.32 Å². The van der Waals surface area contributed by atoms with Gasteiger partial charge in [-0.15, -0.1) is 0 Å². The van der Waals surface area contributed by atoms with E-state index in [1.165, 1.54) is 0 Å². The first-order valence-electron chi connectivity index (χ1n) is 3.82. The van der Waals surface area contributed by atoms with Crippen molar-refractivity contribution < 1.29 is 0 Å². The minimum Gasteiger partial charge on any atom is -0.312 e. The van der Waals surface area contributed by atoms with Gasteiger partial charge in [-0.3, -0.25) is 4.98 Å². The van der Waals surface area contributed by atoms with E-state index < -0.39 is 0 Å². The van der Waals surface area contributed by atoms with Crippen LogP contribution in [0.4, 0.5) is 0 Å². The maximum atomic E-state index is 8.52. The third-order valence-corrected chi connectivity index (χ3v) is 1.73. The van der Waals surface area contributed by atoms with Gasteiger partial charge in [0.15, 0.2) is 0 Å². The van der Waals surface area contributed by atoms with Crippen molar-refractivity contribution in [2.75, 3.05) is 7.05 Å². The number of rotatable bonds is 3. The number of nitrogens with one attached hydrogen (secondary N) is 1. The van der Waals surface area contributed by atoms with Gasteiger partial charge in [-0.2, -0.15) is 5.26 Å². The molecular weight excluding hydrogens is 150 g/mol. The molecule has 12 heavy (non-hydrogen) atoms. The zero-order valence-corrected chi connectivity index (χ0v) is 6.99. The molecule has 0 fully saturated rings. The summed E-state index contributed by atoms with van der Waals surface area (Å²) in [5, 5.41) is 11.6. The molecule has 1 rings (SSSR count). The summed E-state index contributed by atoms with van der Waals surface area (Å²) in [7, 11) is 1.84. The highest BCUT2D eigenvalue weighted by Gasteiger charge is 2.06. The Kier molecular flexibility index (Phi) is 3.24. The molecule has 0 saturated heterocycles. The molecule has 1 N–H and O–H groups in total. The summed E-state index contributed by atoms with van der Waals surface area (Å²) >= 11 is 0. The molecule has 0 radical (unpaired) electrons. The number of nitrogens with zero attached hydrogens (tertiary/aromatic N) is 2. The molecule has 0 aliphatic heterocycles. The van der Waals surface area contributed by atoms with E-state index in [4.69, 9.17) is 5.26 Å². The fraction of sp³-hybridized carbons (Fsp3) is 0.333. The second-order valence-corrected chi connectivity index (χ2v) is 2.49. The lowest BCUT2D eigenvalue weighted by atomic mass is 10.1. The molecule has 1 unspecified atom stereocenters. The lowest BCUT2D eigenvalue weighted by Gasteiger charge is -2.11. The van der Waals surface area contributed by atoms with Gasteiger partial charge >= 0.3 is 0 Å². The molecule has 0 spiro atoms. The van der Waals surface area contributed by atoms with Gasteiger partial charge in [0.1, 0.15) is 0 Å². The van der Waals surface area contributed by atoms with Crippen LogP contribution >= 0.6 is 0 Å². The van der Waals surface area contributed by atoms with Crippen molar-refractivity contribution in [2.45, 2.75) is 12.5 Å². The first kappa shape index (κ1) is 8.69. The largest absolute Gasteiger partial charge is 0.312 e. The van der Waals surface area contributed by atoms with Gasteiger partial charge in [-0.25, -0.2) is 0 Å². The van der Waals surface area contributed by atoms with Crippen LogP contribution in [0.3, 0.4) is 0 Å². The second-order valence-electron chi connectivity index (χ2n) is 2.49. The summed E-state index contributed by atoms with van der Waals surface area (Å²) in [4.78, 5) is 3.99. The fourth-order valence-electron chi connectivity index (χ4n) is 1.06. The van der Waals surface area contributed by atoms with Crippen LogP contribution in [0.1, 0.15) is 18.0 Å². The Morgan fingerprint density at radius 1 is 1.75 bits per heavy atom. The van der Waals surface area contributed by atoms with E-state index in [-0.39, 0.29) is 6.04 Å². The first-order chi connectivity index (χ1) is 5.88. The Morgan fingerprint density at radius 2 is 2.58 bits per heavy atom. The maximum absolute atomic E-state index is 8.52. The highest BCUT2D eigenvalue weighted by molar-refractivity contribution is 5.14. The van der Waals surface area contributed by atoms with Crippen molar-refractivity contribution in [2.24, 2.45) is 0 Å². The summed E-state index contributed by atoms with van der Waals surface area (Å²) in [6.07, 6.45) is 3.98. The first-order valence-corrected chi connectivity index (χ1v) is 3.82. The highest BCUT2D eigenvalue weighted by Crippen LogP contribution is 2.13. The molecule has 0 aromatic carbocycles. The third kappa shape index (κ3) is 2.04. The fourth-order valence-corrected chi connectivity index (χ4v) is 1.06. The molecule has 1 heterocycles. The average Bonchev–Trinajstić information content (AvgIpc) is 2.15. The second kappa shape index (κ2) is 4.47. The molecule has 1 atom stereocenters. The van der Waals surface area contributed by atoms with E-state index in [0.717, 1.165) is 5.56 Å². The molecule has 0 bridgehead atoms. The zero-order chi connectivity index (χ0) is 8.81. The van der Waals surface area contributed by atoms with Crippen molar-refractivity contribution >= 4 is 0 Å². The zero-order valence-electron chi connectivity index (χ0n) is 6.99. The van der Waals surface area contributed by atoms with E-state index >= 15 is 0 Å². The van der Waals surface area contributed by atoms with Gasteiger partial charge < -0.3 is 5.32 Å². The topological polar surface area (TPSA) is 48.7 Å². The standard InChI is InChI=1S/C9H11N3/c1-11-9(4-5-10)8-3-2-6-12-7-8/h2-3,6-7,9,11H,4H2,1H3. The molecule has 0 aliphatic carbocycles. The number of hydrogen-bond donors (Lipinski definition) is 1. The molecule has 3 heteroatoms. The van der Waals surface area contributed by atoms with E-state index in [1.54, 1.807) is 12.4 Å².